The van der Waals surface area contributed by atoms with Crippen LogP contribution in [-0.4, -0.2) is 54.0 Å². The Morgan fingerprint density at radius 3 is 2.57 bits per heavy atom. The average molecular weight is 314 g/mol. The van der Waals surface area contributed by atoms with Gasteiger partial charge in [-0.15, -0.1) is 0 Å². The lowest BCUT2D eigenvalue weighted by Crippen LogP contribution is -2.44. The van der Waals surface area contributed by atoms with Crippen molar-refractivity contribution >= 4 is 11.9 Å². The van der Waals surface area contributed by atoms with E-state index in [0.717, 1.165) is 6.42 Å². The van der Waals surface area contributed by atoms with E-state index in [1.54, 1.807) is 34.1 Å². The monoisotopic (exact) mass is 314 g/mol. The van der Waals surface area contributed by atoms with E-state index in [9.17, 15) is 9.59 Å². The van der Waals surface area contributed by atoms with Crippen LogP contribution < -0.4 is 5.32 Å². The summed E-state index contributed by atoms with van der Waals surface area (Å²) in [5, 5.41) is 11.8. The summed E-state index contributed by atoms with van der Waals surface area (Å²) in [6.45, 7) is 6.12. The van der Waals surface area contributed by atoms with Gasteiger partial charge in [-0.25, -0.2) is 4.79 Å². The summed E-state index contributed by atoms with van der Waals surface area (Å²) in [6, 6.07) is 8.78. The average Bonchev–Trinajstić information content (AvgIpc) is 2.79. The summed E-state index contributed by atoms with van der Waals surface area (Å²) in [5.74, 6) is -0.0896. The zero-order valence-electron chi connectivity index (χ0n) is 13.6. The fraction of sp³-hybridized carbons (Fsp3) is 0.471. The van der Waals surface area contributed by atoms with Crippen LogP contribution in [-0.2, 0) is 0 Å². The number of carbonyl (C=O) groups is 2. The summed E-state index contributed by atoms with van der Waals surface area (Å²) in [6.07, 6.45) is 0.745. The highest BCUT2D eigenvalue weighted by molar-refractivity contribution is 5.94. The maximum atomic E-state index is 12.6. The minimum absolute atomic E-state index is 0.0826. The smallest absolute Gasteiger partial charge is 0.317 e. The molecule has 23 heavy (non-hydrogen) atoms. The Morgan fingerprint density at radius 1 is 1.17 bits per heavy atom. The standard InChI is InChI=1S/C17H22N4O2/c1-13(2)19-17(23)21-8-4-7-20(9-10-21)16(22)15-6-3-5-14(11-15)12-18/h3,5-6,11,13H,4,7-10H2,1-2H3,(H,19,23). The van der Waals surface area contributed by atoms with E-state index in [-0.39, 0.29) is 18.0 Å². The molecule has 1 aliphatic rings. The largest absolute Gasteiger partial charge is 0.337 e. The molecule has 1 aromatic rings. The van der Waals surface area contributed by atoms with Crippen LogP contribution in [0.25, 0.3) is 0 Å². The second-order valence-corrected chi connectivity index (χ2v) is 5.93. The molecule has 1 saturated heterocycles. The minimum Gasteiger partial charge on any atom is -0.337 e. The van der Waals surface area contributed by atoms with Gasteiger partial charge in [-0.1, -0.05) is 6.07 Å². The molecule has 0 spiro atoms. The molecule has 3 amide bonds. The number of benzene rings is 1. The van der Waals surface area contributed by atoms with Gasteiger partial charge in [0.05, 0.1) is 11.6 Å². The lowest BCUT2D eigenvalue weighted by atomic mass is 10.1. The number of nitrogens with zero attached hydrogens (tertiary/aromatic N) is 3. The first-order valence-corrected chi connectivity index (χ1v) is 7.86. The Labute approximate surface area is 136 Å². The van der Waals surface area contributed by atoms with Crippen LogP contribution in [0.2, 0.25) is 0 Å². The Bertz CT molecular complexity index is 621. The topological polar surface area (TPSA) is 76.4 Å². The van der Waals surface area contributed by atoms with Crippen molar-refractivity contribution in [2.45, 2.75) is 26.3 Å². The van der Waals surface area contributed by atoms with Gasteiger partial charge in [0, 0.05) is 37.8 Å². The van der Waals surface area contributed by atoms with Crippen molar-refractivity contribution < 1.29 is 9.59 Å². The van der Waals surface area contributed by atoms with Gasteiger partial charge in [0.2, 0.25) is 0 Å². The Balaban J connectivity index is 2.01. The third-order valence-electron chi connectivity index (χ3n) is 3.72. The van der Waals surface area contributed by atoms with Gasteiger partial charge in [-0.05, 0) is 38.5 Å². The first kappa shape index (κ1) is 16.8. The van der Waals surface area contributed by atoms with Gasteiger partial charge in [0.15, 0.2) is 0 Å². The number of nitrogens with one attached hydrogen (secondary N) is 1. The van der Waals surface area contributed by atoms with Crippen molar-refractivity contribution in [2.24, 2.45) is 0 Å². The first-order valence-electron chi connectivity index (χ1n) is 7.86. The van der Waals surface area contributed by atoms with E-state index >= 15 is 0 Å². The third-order valence-corrected chi connectivity index (χ3v) is 3.72. The van der Waals surface area contributed by atoms with E-state index < -0.39 is 0 Å². The fourth-order valence-corrected chi connectivity index (χ4v) is 2.57. The molecule has 1 heterocycles. The molecule has 0 atom stereocenters. The summed E-state index contributed by atoms with van der Waals surface area (Å²) in [5.41, 5.74) is 0.993. The molecule has 122 valence electrons. The van der Waals surface area contributed by atoms with E-state index in [4.69, 9.17) is 5.26 Å². The SMILES string of the molecule is CC(C)NC(=O)N1CCCN(C(=O)c2cccc(C#N)c2)CC1. The van der Waals surface area contributed by atoms with Gasteiger partial charge in [0.1, 0.15) is 0 Å². The summed E-state index contributed by atoms with van der Waals surface area (Å²) in [4.78, 5) is 28.1. The lowest BCUT2D eigenvalue weighted by molar-refractivity contribution is 0.0762. The predicted octanol–water partition coefficient (Wildman–Crippen LogP) is 1.82. The molecule has 0 saturated carbocycles. The van der Waals surface area contributed by atoms with Gasteiger partial charge in [0.25, 0.3) is 5.91 Å². The summed E-state index contributed by atoms with van der Waals surface area (Å²) >= 11 is 0. The maximum Gasteiger partial charge on any atom is 0.317 e. The Hall–Kier alpha value is -2.55. The molecule has 0 aromatic heterocycles. The molecular formula is C17H22N4O2. The zero-order valence-corrected chi connectivity index (χ0v) is 13.6. The van der Waals surface area contributed by atoms with Gasteiger partial charge < -0.3 is 15.1 Å². The van der Waals surface area contributed by atoms with E-state index in [1.807, 2.05) is 19.9 Å². The van der Waals surface area contributed by atoms with Crippen molar-refractivity contribution in [2.75, 3.05) is 26.2 Å². The number of hydrogen-bond donors (Lipinski definition) is 1. The first-order chi connectivity index (χ1) is 11.0. The number of hydrogen-bond acceptors (Lipinski definition) is 3. The lowest BCUT2D eigenvalue weighted by Gasteiger charge is -2.23. The van der Waals surface area contributed by atoms with Crippen LogP contribution in [0.1, 0.15) is 36.2 Å². The zero-order chi connectivity index (χ0) is 16.8. The molecule has 0 radical (unpaired) electrons. The molecule has 0 bridgehead atoms. The molecule has 0 aliphatic carbocycles. The number of nitriles is 1. The highest BCUT2D eigenvalue weighted by Gasteiger charge is 2.23. The summed E-state index contributed by atoms with van der Waals surface area (Å²) in [7, 11) is 0. The molecule has 1 fully saturated rings. The minimum atomic E-state index is -0.0896. The molecule has 1 aliphatic heterocycles. The van der Waals surface area contributed by atoms with E-state index in [2.05, 4.69) is 5.32 Å². The van der Waals surface area contributed by atoms with Crippen LogP contribution in [0.5, 0.6) is 0 Å². The summed E-state index contributed by atoms with van der Waals surface area (Å²) < 4.78 is 0. The van der Waals surface area contributed by atoms with Crippen LogP contribution in [0, 0.1) is 11.3 Å². The fourth-order valence-electron chi connectivity index (χ4n) is 2.57. The highest BCUT2D eigenvalue weighted by Crippen LogP contribution is 2.11. The van der Waals surface area contributed by atoms with Crippen LogP contribution in [0.3, 0.4) is 0 Å². The van der Waals surface area contributed by atoms with Crippen molar-refractivity contribution in [3.63, 3.8) is 0 Å². The molecule has 6 nitrogen and oxygen atoms in total. The highest BCUT2D eigenvalue weighted by atomic mass is 16.2. The molecule has 1 N–H and O–H groups in total. The quantitative estimate of drug-likeness (QED) is 0.904. The van der Waals surface area contributed by atoms with Gasteiger partial charge in [-0.2, -0.15) is 5.26 Å². The Morgan fingerprint density at radius 2 is 1.87 bits per heavy atom. The maximum absolute atomic E-state index is 12.6. The number of amides is 3. The normalized spacial score (nSPS) is 15.0. The molecule has 2 rings (SSSR count). The number of carbonyl (C=O) groups excluding carboxylic acids is 2. The molecule has 0 unspecified atom stereocenters. The van der Waals surface area contributed by atoms with E-state index in [0.29, 0.717) is 37.3 Å². The molecular weight excluding hydrogens is 292 g/mol. The second-order valence-electron chi connectivity index (χ2n) is 5.93. The van der Waals surface area contributed by atoms with Crippen LogP contribution in [0.4, 0.5) is 4.79 Å². The number of urea groups is 1. The molecule has 6 heteroatoms. The van der Waals surface area contributed by atoms with Crippen molar-refractivity contribution in [3.05, 3.63) is 35.4 Å². The van der Waals surface area contributed by atoms with Gasteiger partial charge in [-0.3, -0.25) is 4.79 Å². The predicted molar refractivity (Wildman–Crippen MR) is 86.9 cm³/mol. The van der Waals surface area contributed by atoms with Crippen molar-refractivity contribution in [1.29, 1.82) is 5.26 Å². The third kappa shape index (κ3) is 4.46. The second kappa shape index (κ2) is 7.63. The Kier molecular flexibility index (Phi) is 5.58. The molecule has 1 aromatic carbocycles. The number of rotatable bonds is 2. The van der Waals surface area contributed by atoms with Gasteiger partial charge >= 0.3 is 6.03 Å². The van der Waals surface area contributed by atoms with Crippen LogP contribution >= 0.6 is 0 Å². The van der Waals surface area contributed by atoms with Crippen LogP contribution in [0.15, 0.2) is 24.3 Å². The van der Waals surface area contributed by atoms with Crippen molar-refractivity contribution in [3.8, 4) is 6.07 Å². The van der Waals surface area contributed by atoms with Crippen molar-refractivity contribution in [1.82, 2.24) is 15.1 Å². The van der Waals surface area contributed by atoms with E-state index in [1.165, 1.54) is 0 Å².